The SMILES string of the molecule is CNC(=O)C(=O)N1CC[C@H](C[C@@H](C(=O)Cc2ncc(F)s2)c2ccc(S(=O)(=O)C3CC3)cc2)C1. The van der Waals surface area contributed by atoms with E-state index in [1.165, 1.54) is 11.9 Å². The summed E-state index contributed by atoms with van der Waals surface area (Å²) >= 11 is 0.822. The highest BCUT2D eigenvalue weighted by Crippen LogP contribution is 2.35. The first-order valence-corrected chi connectivity index (χ1v) is 13.5. The molecule has 0 radical (unpaired) electrons. The van der Waals surface area contributed by atoms with Crippen LogP contribution >= 0.6 is 11.3 Å². The van der Waals surface area contributed by atoms with Crippen molar-refractivity contribution in [2.75, 3.05) is 20.1 Å². The molecule has 11 heteroatoms. The molecule has 0 spiro atoms. The third-order valence-electron chi connectivity index (χ3n) is 6.38. The number of halogens is 1. The molecule has 1 aromatic heterocycles. The van der Waals surface area contributed by atoms with E-state index in [9.17, 15) is 27.2 Å². The second-order valence-corrected chi connectivity index (χ2v) is 12.1. The van der Waals surface area contributed by atoms with Gasteiger partial charge in [0.2, 0.25) is 0 Å². The number of rotatable bonds is 8. The summed E-state index contributed by atoms with van der Waals surface area (Å²) in [6.45, 7) is 0.782. The van der Waals surface area contributed by atoms with Gasteiger partial charge in [0, 0.05) is 26.1 Å². The third kappa shape index (κ3) is 5.35. The van der Waals surface area contributed by atoms with Gasteiger partial charge in [-0.25, -0.2) is 13.4 Å². The van der Waals surface area contributed by atoms with Crippen molar-refractivity contribution in [3.05, 3.63) is 46.2 Å². The zero-order valence-electron chi connectivity index (χ0n) is 18.7. The van der Waals surface area contributed by atoms with Gasteiger partial charge in [0.05, 0.1) is 22.8 Å². The summed E-state index contributed by atoms with van der Waals surface area (Å²) in [4.78, 5) is 42.8. The number of hydrogen-bond donors (Lipinski definition) is 1. The maximum atomic E-state index is 13.4. The Balaban J connectivity index is 1.53. The van der Waals surface area contributed by atoms with Crippen molar-refractivity contribution in [3.8, 4) is 0 Å². The van der Waals surface area contributed by atoms with Crippen molar-refractivity contribution in [1.29, 1.82) is 0 Å². The summed E-state index contributed by atoms with van der Waals surface area (Å²) in [7, 11) is -1.94. The van der Waals surface area contributed by atoms with Crippen LogP contribution in [0.1, 0.15) is 42.2 Å². The minimum absolute atomic E-state index is 0.00883. The Labute approximate surface area is 201 Å². The fraction of sp³-hybridized carbons (Fsp3) is 0.478. The lowest BCUT2D eigenvalue weighted by molar-refractivity contribution is -0.144. The molecule has 2 fully saturated rings. The molecule has 8 nitrogen and oxygen atoms in total. The van der Waals surface area contributed by atoms with Crippen LogP contribution in [0.5, 0.6) is 0 Å². The molecule has 1 N–H and O–H groups in total. The molecule has 0 unspecified atom stereocenters. The lowest BCUT2D eigenvalue weighted by Crippen LogP contribution is -2.40. The van der Waals surface area contributed by atoms with E-state index in [4.69, 9.17) is 0 Å². The topological polar surface area (TPSA) is 114 Å². The van der Waals surface area contributed by atoms with Crippen LogP contribution in [-0.4, -0.2) is 61.3 Å². The molecule has 182 valence electrons. The van der Waals surface area contributed by atoms with Gasteiger partial charge in [-0.3, -0.25) is 14.4 Å². The van der Waals surface area contributed by atoms with Gasteiger partial charge in [-0.1, -0.05) is 23.5 Å². The number of carbonyl (C=O) groups excluding carboxylic acids is 3. The minimum Gasteiger partial charge on any atom is -0.351 e. The van der Waals surface area contributed by atoms with Crippen LogP contribution in [0.4, 0.5) is 4.39 Å². The number of aromatic nitrogens is 1. The van der Waals surface area contributed by atoms with Gasteiger partial charge < -0.3 is 10.2 Å². The number of hydrogen-bond acceptors (Lipinski definition) is 7. The van der Waals surface area contributed by atoms with Crippen LogP contribution in [0.3, 0.4) is 0 Å². The number of likely N-dealkylation sites (N-methyl/N-ethyl adjacent to an activating group) is 1. The first-order valence-electron chi connectivity index (χ1n) is 11.2. The van der Waals surface area contributed by atoms with Crippen molar-refractivity contribution in [2.45, 2.75) is 48.2 Å². The Kier molecular flexibility index (Phi) is 7.13. The van der Waals surface area contributed by atoms with E-state index in [2.05, 4.69) is 10.3 Å². The number of benzene rings is 1. The number of ketones is 1. The lowest BCUT2D eigenvalue weighted by Gasteiger charge is -2.21. The third-order valence-corrected chi connectivity index (χ3v) is 9.44. The maximum absolute atomic E-state index is 13.4. The van der Waals surface area contributed by atoms with Crippen molar-refractivity contribution in [1.82, 2.24) is 15.2 Å². The van der Waals surface area contributed by atoms with E-state index in [-0.39, 0.29) is 28.3 Å². The molecule has 0 bridgehead atoms. The molecule has 1 saturated heterocycles. The maximum Gasteiger partial charge on any atom is 0.311 e. The summed E-state index contributed by atoms with van der Waals surface area (Å²) in [5, 5.41) is 1.92. The molecule has 2 amide bonds. The van der Waals surface area contributed by atoms with Gasteiger partial charge in [-0.2, -0.15) is 4.39 Å². The van der Waals surface area contributed by atoms with E-state index in [1.807, 2.05) is 0 Å². The van der Waals surface area contributed by atoms with Crippen molar-refractivity contribution < 1.29 is 27.2 Å². The minimum atomic E-state index is -3.34. The molecule has 4 rings (SSSR count). The Morgan fingerprint density at radius 1 is 1.21 bits per heavy atom. The zero-order valence-corrected chi connectivity index (χ0v) is 20.3. The molecule has 2 aliphatic rings. The predicted octanol–water partition coefficient (Wildman–Crippen LogP) is 2.10. The van der Waals surface area contributed by atoms with Crippen LogP contribution in [0.2, 0.25) is 0 Å². The van der Waals surface area contributed by atoms with E-state index in [1.54, 1.807) is 24.3 Å². The number of likely N-dealkylation sites (tertiary alicyclic amines) is 1. The highest BCUT2D eigenvalue weighted by molar-refractivity contribution is 7.92. The van der Waals surface area contributed by atoms with Crippen LogP contribution < -0.4 is 5.32 Å². The molecule has 2 heterocycles. The Hall–Kier alpha value is -2.66. The second-order valence-electron chi connectivity index (χ2n) is 8.79. The summed E-state index contributed by atoms with van der Waals surface area (Å²) in [5.74, 6) is -1.99. The summed E-state index contributed by atoms with van der Waals surface area (Å²) in [5.41, 5.74) is 0.674. The average Bonchev–Trinajstić information content (AvgIpc) is 3.47. The zero-order chi connectivity index (χ0) is 24.5. The van der Waals surface area contributed by atoms with Gasteiger partial charge >= 0.3 is 11.8 Å². The molecule has 2 atom stereocenters. The molecular weight excluding hydrogens is 481 g/mol. The predicted molar refractivity (Wildman–Crippen MR) is 124 cm³/mol. The first-order chi connectivity index (χ1) is 16.2. The van der Waals surface area contributed by atoms with Crippen molar-refractivity contribution in [2.24, 2.45) is 5.92 Å². The van der Waals surface area contributed by atoms with Gasteiger partial charge in [0.25, 0.3) is 0 Å². The molecule has 34 heavy (non-hydrogen) atoms. The normalized spacial score (nSPS) is 19.1. The molecule has 1 aliphatic heterocycles. The smallest absolute Gasteiger partial charge is 0.311 e. The lowest BCUT2D eigenvalue weighted by atomic mass is 9.84. The monoisotopic (exact) mass is 507 g/mol. The Morgan fingerprint density at radius 3 is 2.50 bits per heavy atom. The van der Waals surface area contributed by atoms with Crippen LogP contribution in [0.15, 0.2) is 35.4 Å². The fourth-order valence-corrected chi connectivity index (χ4v) is 6.66. The van der Waals surface area contributed by atoms with Crippen LogP contribution in [0, 0.1) is 11.0 Å². The largest absolute Gasteiger partial charge is 0.351 e. The average molecular weight is 508 g/mol. The number of amides is 2. The number of Topliss-reactive ketones (excluding diaryl/α,β-unsaturated/α-hetero) is 1. The standard InChI is InChI=1S/C23H26FN3O5S2/c1-25-22(29)23(30)27-9-8-14(13-27)10-18(19(28)11-21-26-12-20(24)33-21)15-2-4-16(5-3-15)34(31,32)17-6-7-17/h2-5,12,14,17-18H,6-11,13H2,1H3,(H,25,29)/t14-,18-/m1/s1. The molecule has 1 aliphatic carbocycles. The summed E-state index contributed by atoms with van der Waals surface area (Å²) in [6.07, 6.45) is 3.46. The van der Waals surface area contributed by atoms with Crippen molar-refractivity contribution >= 4 is 38.8 Å². The fourth-order valence-electron chi connectivity index (χ4n) is 4.35. The molecule has 1 aromatic carbocycles. The van der Waals surface area contributed by atoms with Crippen molar-refractivity contribution in [3.63, 3.8) is 0 Å². The van der Waals surface area contributed by atoms with E-state index < -0.39 is 32.7 Å². The number of nitrogens with zero attached hydrogens (tertiary/aromatic N) is 2. The van der Waals surface area contributed by atoms with Crippen LogP contribution in [0.25, 0.3) is 0 Å². The molecule has 1 saturated carbocycles. The Morgan fingerprint density at radius 2 is 1.91 bits per heavy atom. The Bertz CT molecular complexity index is 1190. The van der Waals surface area contributed by atoms with Gasteiger partial charge in [0.1, 0.15) is 10.8 Å². The first kappa shape index (κ1) is 24.5. The van der Waals surface area contributed by atoms with E-state index >= 15 is 0 Å². The van der Waals surface area contributed by atoms with Crippen LogP contribution in [-0.2, 0) is 30.6 Å². The summed E-state index contributed by atoms with van der Waals surface area (Å²) in [6, 6.07) is 6.43. The summed E-state index contributed by atoms with van der Waals surface area (Å²) < 4.78 is 38.5. The van der Waals surface area contributed by atoms with E-state index in [0.717, 1.165) is 17.5 Å². The number of nitrogens with one attached hydrogen (secondary N) is 1. The number of carbonyl (C=O) groups is 3. The molecule has 2 aromatic rings. The van der Waals surface area contributed by atoms with E-state index in [0.29, 0.717) is 49.3 Å². The highest BCUT2D eigenvalue weighted by atomic mass is 32.2. The van der Waals surface area contributed by atoms with Gasteiger partial charge in [-0.15, -0.1) is 0 Å². The van der Waals surface area contributed by atoms with Gasteiger partial charge in [-0.05, 0) is 49.3 Å². The quantitative estimate of drug-likeness (QED) is 0.548. The number of thiazole rings is 1. The molecular formula is C23H26FN3O5S2. The number of sulfone groups is 1. The van der Waals surface area contributed by atoms with Gasteiger partial charge in [0.15, 0.2) is 15.0 Å². The second kappa shape index (κ2) is 9.91. The highest BCUT2D eigenvalue weighted by Gasteiger charge is 2.37.